The number of nitrogens with zero attached hydrogens (tertiary/aromatic N) is 2. The summed E-state index contributed by atoms with van der Waals surface area (Å²) in [5.41, 5.74) is 0.650. The number of allylic oxidation sites excluding steroid dienone is 2. The van der Waals surface area contributed by atoms with Crippen molar-refractivity contribution >= 4 is 18.0 Å². The van der Waals surface area contributed by atoms with Crippen LogP contribution in [0.4, 0.5) is 0 Å². The second-order valence-electron chi connectivity index (χ2n) is 6.17. The molecule has 1 saturated heterocycles. The Hall–Kier alpha value is -2.43. The van der Waals surface area contributed by atoms with Gasteiger partial charge in [0.1, 0.15) is 5.75 Å². The third-order valence-electron chi connectivity index (χ3n) is 4.93. The molecule has 0 unspecified atom stereocenters. The Labute approximate surface area is 127 Å². The highest BCUT2D eigenvalue weighted by molar-refractivity contribution is 6.06. The SMILES string of the molecule is O=C1[C@@H]2[C@@H](C(=O)N1/N=C\c1cccc(O)c1)[C@H]1C=C[C@H]2CC1. The quantitative estimate of drug-likeness (QED) is 0.515. The van der Waals surface area contributed by atoms with Crippen molar-refractivity contribution in [3.05, 3.63) is 42.0 Å². The number of fused-ring (bicyclic) bond motifs is 1. The lowest BCUT2D eigenvalue weighted by molar-refractivity contribution is -0.140. The van der Waals surface area contributed by atoms with Gasteiger partial charge in [0.15, 0.2) is 0 Å². The summed E-state index contributed by atoms with van der Waals surface area (Å²) in [5.74, 6) is -0.384. The van der Waals surface area contributed by atoms with Crippen LogP contribution in [0.1, 0.15) is 18.4 Å². The number of phenolic OH excluding ortho intramolecular Hbond substituents is 1. The van der Waals surface area contributed by atoms with Crippen molar-refractivity contribution < 1.29 is 14.7 Å². The first-order valence-electron chi connectivity index (χ1n) is 7.54. The van der Waals surface area contributed by atoms with Gasteiger partial charge in [-0.3, -0.25) is 9.59 Å². The fourth-order valence-corrected chi connectivity index (χ4v) is 3.90. The molecule has 112 valence electrons. The molecule has 0 spiro atoms. The summed E-state index contributed by atoms with van der Waals surface area (Å²) in [7, 11) is 0. The summed E-state index contributed by atoms with van der Waals surface area (Å²) in [6, 6.07) is 6.54. The lowest BCUT2D eigenvalue weighted by Crippen LogP contribution is -2.38. The number of carbonyl (C=O) groups excluding carboxylic acids is 2. The van der Waals surface area contributed by atoms with Gasteiger partial charge in [-0.25, -0.2) is 0 Å². The minimum atomic E-state index is -0.238. The third-order valence-corrected chi connectivity index (χ3v) is 4.93. The average Bonchev–Trinajstić information content (AvgIpc) is 2.80. The van der Waals surface area contributed by atoms with Gasteiger partial charge < -0.3 is 5.11 Å². The number of carbonyl (C=O) groups is 2. The molecule has 22 heavy (non-hydrogen) atoms. The molecule has 4 atom stereocenters. The standard InChI is InChI=1S/C17H16N2O3/c20-13-3-1-2-10(8-13)9-18-19-16(21)14-11-4-5-12(7-6-11)15(14)17(19)22/h1-5,8-9,11-12,14-15,20H,6-7H2/b18-9-/t11-,12-,14-,15-/m0/s1. The van der Waals surface area contributed by atoms with Gasteiger partial charge in [0.25, 0.3) is 11.8 Å². The van der Waals surface area contributed by atoms with Crippen LogP contribution >= 0.6 is 0 Å². The van der Waals surface area contributed by atoms with Gasteiger partial charge in [-0.2, -0.15) is 10.1 Å². The van der Waals surface area contributed by atoms with Crippen LogP contribution in [0.15, 0.2) is 41.5 Å². The molecule has 0 radical (unpaired) electrons. The molecule has 2 amide bonds. The number of hydrogen-bond acceptors (Lipinski definition) is 4. The Balaban J connectivity index is 1.61. The lowest BCUT2D eigenvalue weighted by atomic mass is 9.63. The predicted octanol–water partition coefficient (Wildman–Crippen LogP) is 1.92. The lowest BCUT2D eigenvalue weighted by Gasteiger charge is -2.37. The maximum absolute atomic E-state index is 12.5. The van der Waals surface area contributed by atoms with E-state index in [-0.39, 0.29) is 41.2 Å². The van der Waals surface area contributed by atoms with Crippen LogP contribution < -0.4 is 0 Å². The van der Waals surface area contributed by atoms with Gasteiger partial charge >= 0.3 is 0 Å². The Morgan fingerprint density at radius 1 is 1.09 bits per heavy atom. The highest BCUT2D eigenvalue weighted by atomic mass is 16.3. The average molecular weight is 296 g/mol. The van der Waals surface area contributed by atoms with Gasteiger partial charge in [0.05, 0.1) is 18.1 Å². The Morgan fingerprint density at radius 2 is 1.73 bits per heavy atom. The number of hydrogen-bond donors (Lipinski definition) is 1. The van der Waals surface area contributed by atoms with E-state index < -0.39 is 0 Å². The summed E-state index contributed by atoms with van der Waals surface area (Å²) in [5, 5.41) is 14.6. The summed E-state index contributed by atoms with van der Waals surface area (Å²) in [6.07, 6.45) is 7.57. The minimum absolute atomic E-state index is 0.124. The molecule has 1 aromatic rings. The van der Waals surface area contributed by atoms with Crippen LogP contribution in [0, 0.1) is 23.7 Å². The van der Waals surface area contributed by atoms with E-state index in [0.717, 1.165) is 17.9 Å². The maximum atomic E-state index is 12.5. The van der Waals surface area contributed by atoms with Crippen molar-refractivity contribution in [3.63, 3.8) is 0 Å². The van der Waals surface area contributed by atoms with E-state index >= 15 is 0 Å². The fraction of sp³-hybridized carbons (Fsp3) is 0.353. The molecule has 1 heterocycles. The molecule has 1 saturated carbocycles. The smallest absolute Gasteiger partial charge is 0.254 e. The maximum Gasteiger partial charge on any atom is 0.254 e. The van der Waals surface area contributed by atoms with Gasteiger partial charge in [0.2, 0.25) is 0 Å². The molecule has 5 rings (SSSR count). The molecular weight excluding hydrogens is 280 g/mol. The Morgan fingerprint density at radius 3 is 2.27 bits per heavy atom. The number of phenols is 1. The number of amides is 2. The minimum Gasteiger partial charge on any atom is -0.508 e. The summed E-state index contributed by atoms with van der Waals surface area (Å²) in [6.45, 7) is 0. The van der Waals surface area contributed by atoms with Crippen molar-refractivity contribution in [3.8, 4) is 5.75 Å². The Kier molecular flexibility index (Phi) is 2.89. The second kappa shape index (κ2) is 4.80. The number of aromatic hydroxyl groups is 1. The zero-order valence-electron chi connectivity index (χ0n) is 11.9. The summed E-state index contributed by atoms with van der Waals surface area (Å²) >= 11 is 0. The number of benzene rings is 1. The van der Waals surface area contributed by atoms with E-state index in [4.69, 9.17) is 0 Å². The van der Waals surface area contributed by atoms with Crippen molar-refractivity contribution in [2.24, 2.45) is 28.8 Å². The van der Waals surface area contributed by atoms with E-state index in [2.05, 4.69) is 17.3 Å². The first-order valence-corrected chi connectivity index (χ1v) is 7.54. The van der Waals surface area contributed by atoms with E-state index in [1.807, 2.05) is 0 Å². The molecule has 1 N–H and O–H groups in total. The van der Waals surface area contributed by atoms with Crippen LogP contribution in [0.5, 0.6) is 5.75 Å². The molecule has 5 heteroatoms. The normalized spacial score (nSPS) is 33.0. The van der Waals surface area contributed by atoms with Gasteiger partial charge in [0, 0.05) is 0 Å². The van der Waals surface area contributed by atoms with E-state index in [9.17, 15) is 14.7 Å². The highest BCUT2D eigenvalue weighted by Crippen LogP contribution is 2.49. The first-order chi connectivity index (χ1) is 10.6. The molecular formula is C17H16N2O3. The van der Waals surface area contributed by atoms with Crippen LogP contribution in [-0.4, -0.2) is 28.1 Å². The van der Waals surface area contributed by atoms with E-state index in [0.29, 0.717) is 5.56 Å². The Bertz CT molecular complexity index is 678. The molecule has 5 nitrogen and oxygen atoms in total. The summed E-state index contributed by atoms with van der Waals surface area (Å²) in [4.78, 5) is 25.1. The van der Waals surface area contributed by atoms with Gasteiger partial charge in [-0.1, -0.05) is 24.3 Å². The van der Waals surface area contributed by atoms with Crippen molar-refractivity contribution in [1.29, 1.82) is 0 Å². The molecule has 3 aliphatic carbocycles. The zero-order chi connectivity index (χ0) is 15.3. The molecule has 1 aliphatic heterocycles. The number of imide groups is 1. The van der Waals surface area contributed by atoms with Crippen LogP contribution in [-0.2, 0) is 9.59 Å². The van der Waals surface area contributed by atoms with Gasteiger partial charge in [-0.15, -0.1) is 0 Å². The van der Waals surface area contributed by atoms with E-state index in [1.165, 1.54) is 12.3 Å². The second-order valence-corrected chi connectivity index (χ2v) is 6.17. The van der Waals surface area contributed by atoms with Gasteiger partial charge in [-0.05, 0) is 42.4 Å². The van der Waals surface area contributed by atoms with Crippen LogP contribution in [0.25, 0.3) is 0 Å². The number of hydrazone groups is 1. The van der Waals surface area contributed by atoms with Crippen molar-refractivity contribution in [1.82, 2.24) is 5.01 Å². The van der Waals surface area contributed by atoms with Crippen molar-refractivity contribution in [2.45, 2.75) is 12.8 Å². The van der Waals surface area contributed by atoms with Crippen LogP contribution in [0.2, 0.25) is 0 Å². The van der Waals surface area contributed by atoms with Crippen LogP contribution in [0.3, 0.4) is 0 Å². The predicted molar refractivity (Wildman–Crippen MR) is 79.9 cm³/mol. The van der Waals surface area contributed by atoms with Crippen molar-refractivity contribution in [2.75, 3.05) is 0 Å². The molecule has 2 fully saturated rings. The monoisotopic (exact) mass is 296 g/mol. The molecule has 4 aliphatic rings. The third kappa shape index (κ3) is 1.89. The largest absolute Gasteiger partial charge is 0.508 e. The fourth-order valence-electron chi connectivity index (χ4n) is 3.90. The topological polar surface area (TPSA) is 70.0 Å². The summed E-state index contributed by atoms with van der Waals surface area (Å²) < 4.78 is 0. The van der Waals surface area contributed by atoms with E-state index in [1.54, 1.807) is 18.2 Å². The number of rotatable bonds is 2. The molecule has 2 bridgehead atoms. The zero-order valence-corrected chi connectivity index (χ0v) is 11.9. The highest BCUT2D eigenvalue weighted by Gasteiger charge is 2.56. The molecule has 0 aromatic heterocycles. The first kappa shape index (κ1) is 13.2. The molecule has 1 aromatic carbocycles.